The molecule has 0 aromatic rings. The maximum atomic E-state index is 11.7. The van der Waals surface area contributed by atoms with Crippen LogP contribution in [0.25, 0.3) is 0 Å². The SMILES string of the molecule is CC(C)(C)C(C(=O)O)C(=O)NCCOCC(N)=O. The van der Waals surface area contributed by atoms with Crippen LogP contribution < -0.4 is 11.1 Å². The maximum Gasteiger partial charge on any atom is 0.316 e. The summed E-state index contributed by atoms with van der Waals surface area (Å²) in [4.78, 5) is 33.1. The van der Waals surface area contributed by atoms with Gasteiger partial charge in [0.1, 0.15) is 12.5 Å². The van der Waals surface area contributed by atoms with Gasteiger partial charge in [-0.05, 0) is 5.41 Å². The molecular formula is C11H20N2O5. The van der Waals surface area contributed by atoms with Crippen molar-refractivity contribution in [2.75, 3.05) is 19.8 Å². The van der Waals surface area contributed by atoms with E-state index in [-0.39, 0.29) is 19.8 Å². The molecule has 104 valence electrons. The van der Waals surface area contributed by atoms with Gasteiger partial charge in [-0.3, -0.25) is 14.4 Å². The van der Waals surface area contributed by atoms with Gasteiger partial charge in [0.15, 0.2) is 0 Å². The number of primary amides is 1. The maximum absolute atomic E-state index is 11.7. The lowest BCUT2D eigenvalue weighted by Gasteiger charge is -2.25. The van der Waals surface area contributed by atoms with Crippen LogP contribution in [0.4, 0.5) is 0 Å². The van der Waals surface area contributed by atoms with Crippen molar-refractivity contribution in [1.82, 2.24) is 5.32 Å². The van der Waals surface area contributed by atoms with Gasteiger partial charge >= 0.3 is 5.97 Å². The van der Waals surface area contributed by atoms with E-state index < -0.39 is 29.1 Å². The molecule has 1 unspecified atom stereocenters. The smallest absolute Gasteiger partial charge is 0.316 e. The van der Waals surface area contributed by atoms with E-state index >= 15 is 0 Å². The number of nitrogens with one attached hydrogen (secondary N) is 1. The van der Waals surface area contributed by atoms with Crippen molar-refractivity contribution in [3.63, 3.8) is 0 Å². The summed E-state index contributed by atoms with van der Waals surface area (Å²) in [6.45, 7) is 5.04. The largest absolute Gasteiger partial charge is 0.481 e. The molecule has 0 radical (unpaired) electrons. The predicted octanol–water partition coefficient (Wildman–Crippen LogP) is -0.649. The molecule has 2 amide bonds. The van der Waals surface area contributed by atoms with Crippen molar-refractivity contribution in [3.8, 4) is 0 Å². The van der Waals surface area contributed by atoms with Gasteiger partial charge in [0.25, 0.3) is 0 Å². The number of carbonyl (C=O) groups is 3. The molecule has 0 saturated heterocycles. The van der Waals surface area contributed by atoms with Crippen molar-refractivity contribution < 1.29 is 24.2 Å². The Labute approximate surface area is 106 Å². The van der Waals surface area contributed by atoms with Crippen molar-refractivity contribution in [2.24, 2.45) is 17.1 Å². The Balaban J connectivity index is 4.14. The Morgan fingerprint density at radius 3 is 2.28 bits per heavy atom. The number of aliphatic carboxylic acids is 1. The zero-order valence-corrected chi connectivity index (χ0v) is 10.9. The number of rotatable bonds is 7. The zero-order valence-electron chi connectivity index (χ0n) is 10.9. The Bertz CT molecular complexity index is 322. The molecule has 0 rings (SSSR count). The van der Waals surface area contributed by atoms with Crippen LogP contribution >= 0.6 is 0 Å². The Morgan fingerprint density at radius 1 is 1.33 bits per heavy atom. The van der Waals surface area contributed by atoms with Crippen LogP contribution in [0.2, 0.25) is 0 Å². The lowest BCUT2D eigenvalue weighted by Crippen LogP contribution is -2.43. The summed E-state index contributed by atoms with van der Waals surface area (Å²) in [7, 11) is 0. The normalized spacial score (nSPS) is 12.8. The molecule has 7 nitrogen and oxygen atoms in total. The molecule has 0 spiro atoms. The number of amides is 2. The first-order valence-electron chi connectivity index (χ1n) is 5.53. The van der Waals surface area contributed by atoms with Gasteiger partial charge in [0.2, 0.25) is 11.8 Å². The second-order valence-corrected chi connectivity index (χ2v) is 4.95. The Hall–Kier alpha value is -1.63. The molecule has 0 aliphatic heterocycles. The van der Waals surface area contributed by atoms with Crippen LogP contribution in [0.5, 0.6) is 0 Å². The van der Waals surface area contributed by atoms with Crippen LogP contribution in [0.3, 0.4) is 0 Å². The van der Waals surface area contributed by atoms with Crippen molar-refractivity contribution in [3.05, 3.63) is 0 Å². The van der Waals surface area contributed by atoms with E-state index in [0.717, 1.165) is 0 Å². The summed E-state index contributed by atoms with van der Waals surface area (Å²) >= 11 is 0. The molecule has 0 aromatic heterocycles. The number of carbonyl (C=O) groups excluding carboxylic acids is 2. The molecule has 0 aliphatic rings. The number of ether oxygens (including phenoxy) is 1. The Morgan fingerprint density at radius 2 is 1.89 bits per heavy atom. The van der Waals surface area contributed by atoms with E-state index in [0.29, 0.717) is 0 Å². The minimum Gasteiger partial charge on any atom is -0.481 e. The number of carboxylic acid groups (broad SMARTS) is 1. The first kappa shape index (κ1) is 16.4. The van der Waals surface area contributed by atoms with Gasteiger partial charge < -0.3 is 20.9 Å². The first-order valence-corrected chi connectivity index (χ1v) is 5.53. The summed E-state index contributed by atoms with van der Waals surface area (Å²) in [6, 6.07) is 0. The lowest BCUT2D eigenvalue weighted by atomic mass is 9.80. The van der Waals surface area contributed by atoms with Gasteiger partial charge in [-0.1, -0.05) is 20.8 Å². The number of nitrogens with two attached hydrogens (primary N) is 1. The highest BCUT2D eigenvalue weighted by Crippen LogP contribution is 2.26. The summed E-state index contributed by atoms with van der Waals surface area (Å²) in [5.74, 6) is -3.47. The second-order valence-electron chi connectivity index (χ2n) is 4.95. The van der Waals surface area contributed by atoms with E-state index in [1.54, 1.807) is 20.8 Å². The van der Waals surface area contributed by atoms with Gasteiger partial charge in [0, 0.05) is 6.54 Å². The molecule has 0 aromatic carbocycles. The molecule has 0 fully saturated rings. The second kappa shape index (κ2) is 6.95. The summed E-state index contributed by atoms with van der Waals surface area (Å²) in [6.07, 6.45) is 0. The standard InChI is InChI=1S/C11H20N2O5/c1-11(2,3)8(10(16)17)9(15)13-4-5-18-6-7(12)14/h8H,4-6H2,1-3H3,(H2,12,14)(H,13,15)(H,16,17). The van der Waals surface area contributed by atoms with E-state index in [2.05, 4.69) is 5.32 Å². The highest BCUT2D eigenvalue weighted by molar-refractivity contribution is 5.97. The third-order valence-corrected chi connectivity index (χ3v) is 2.17. The van der Waals surface area contributed by atoms with Gasteiger partial charge in [0.05, 0.1) is 6.61 Å². The van der Waals surface area contributed by atoms with Crippen LogP contribution in [0, 0.1) is 11.3 Å². The molecule has 1 atom stereocenters. The van der Waals surface area contributed by atoms with Crippen LogP contribution in [-0.4, -0.2) is 42.6 Å². The minimum absolute atomic E-state index is 0.102. The van der Waals surface area contributed by atoms with E-state index in [9.17, 15) is 14.4 Å². The zero-order chi connectivity index (χ0) is 14.3. The predicted molar refractivity (Wildman–Crippen MR) is 63.6 cm³/mol. The highest BCUT2D eigenvalue weighted by Gasteiger charge is 2.37. The third kappa shape index (κ3) is 6.19. The number of carboxylic acids is 1. The van der Waals surface area contributed by atoms with Crippen LogP contribution in [0.1, 0.15) is 20.8 Å². The summed E-state index contributed by atoms with van der Waals surface area (Å²) < 4.78 is 4.83. The molecule has 7 heteroatoms. The van der Waals surface area contributed by atoms with E-state index in [4.69, 9.17) is 15.6 Å². The summed E-state index contributed by atoms with van der Waals surface area (Å²) in [5, 5.41) is 11.4. The number of hydrogen-bond acceptors (Lipinski definition) is 4. The number of hydrogen-bond donors (Lipinski definition) is 3. The van der Waals surface area contributed by atoms with Crippen molar-refractivity contribution in [2.45, 2.75) is 20.8 Å². The third-order valence-electron chi connectivity index (χ3n) is 2.17. The van der Waals surface area contributed by atoms with E-state index in [1.807, 2.05) is 0 Å². The van der Waals surface area contributed by atoms with Crippen molar-refractivity contribution >= 4 is 17.8 Å². The van der Waals surface area contributed by atoms with Crippen LogP contribution in [0.15, 0.2) is 0 Å². The molecule has 0 bridgehead atoms. The molecule has 0 saturated carbocycles. The fraction of sp³-hybridized carbons (Fsp3) is 0.727. The average Bonchev–Trinajstić information content (AvgIpc) is 2.13. The average molecular weight is 260 g/mol. The Kier molecular flexibility index (Phi) is 6.32. The van der Waals surface area contributed by atoms with Gasteiger partial charge in [-0.2, -0.15) is 0 Å². The van der Waals surface area contributed by atoms with Crippen molar-refractivity contribution in [1.29, 1.82) is 0 Å². The fourth-order valence-corrected chi connectivity index (χ4v) is 1.40. The fourth-order valence-electron chi connectivity index (χ4n) is 1.40. The quantitative estimate of drug-likeness (QED) is 0.415. The van der Waals surface area contributed by atoms with Gasteiger partial charge in [-0.25, -0.2) is 0 Å². The molecular weight excluding hydrogens is 240 g/mol. The first-order chi connectivity index (χ1) is 8.16. The highest BCUT2D eigenvalue weighted by atomic mass is 16.5. The molecule has 4 N–H and O–H groups in total. The topological polar surface area (TPSA) is 119 Å². The molecule has 0 aliphatic carbocycles. The summed E-state index contributed by atoms with van der Waals surface area (Å²) in [5.41, 5.74) is 4.17. The minimum atomic E-state index is -1.17. The molecule has 18 heavy (non-hydrogen) atoms. The van der Waals surface area contributed by atoms with Gasteiger partial charge in [-0.15, -0.1) is 0 Å². The van der Waals surface area contributed by atoms with E-state index in [1.165, 1.54) is 0 Å². The van der Waals surface area contributed by atoms with Crippen LogP contribution in [-0.2, 0) is 19.1 Å². The monoisotopic (exact) mass is 260 g/mol. The lowest BCUT2D eigenvalue weighted by molar-refractivity contribution is -0.151. The molecule has 0 heterocycles.